The van der Waals surface area contributed by atoms with Crippen molar-refractivity contribution in [2.24, 2.45) is 5.10 Å². The first kappa shape index (κ1) is 23.6. The van der Waals surface area contributed by atoms with E-state index in [-0.39, 0.29) is 24.8 Å². The average Bonchev–Trinajstić information content (AvgIpc) is 3.25. The number of alkyl halides is 3. The molecule has 1 N–H and O–H groups in total. The van der Waals surface area contributed by atoms with E-state index < -0.39 is 30.0 Å². The number of hydrogen-bond donors (Lipinski definition) is 1. The van der Waals surface area contributed by atoms with Crippen molar-refractivity contribution in [2.75, 3.05) is 26.3 Å². The number of ether oxygens (including phenoxy) is 1. The van der Waals surface area contributed by atoms with Gasteiger partial charge in [-0.25, -0.2) is 9.80 Å². The number of aryl methyl sites for hydroxylation is 1. The molecule has 2 aromatic rings. The zero-order valence-corrected chi connectivity index (χ0v) is 18.5. The highest BCUT2D eigenvalue weighted by molar-refractivity contribution is 6.08. The summed E-state index contributed by atoms with van der Waals surface area (Å²) in [5.74, 6) is -0.188. The third-order valence-electron chi connectivity index (χ3n) is 5.63. The number of hydrogen-bond acceptors (Lipinski definition) is 6. The first-order valence-corrected chi connectivity index (χ1v) is 10.6. The van der Waals surface area contributed by atoms with Gasteiger partial charge < -0.3 is 15.0 Å². The lowest BCUT2D eigenvalue weighted by Crippen LogP contribution is -2.52. The second kappa shape index (κ2) is 9.37. The fourth-order valence-electron chi connectivity index (χ4n) is 3.75. The standard InChI is InChI=1S/C22H23F3N6O3/c1-13-3-5-15(6-4-13)20-17(30-9-10-34-12-19(30)32)11-31(29-20)21(33)26-14(2)16-7-8-18(28-27-16)22(23,24)25/h3-8,14,17H,9-12H2,1-2H3,(H,26,33)/t14?,17-/m0/s1. The van der Waals surface area contributed by atoms with Crippen LogP contribution in [-0.2, 0) is 15.7 Å². The maximum absolute atomic E-state index is 12.9. The lowest BCUT2D eigenvalue weighted by Gasteiger charge is -2.32. The van der Waals surface area contributed by atoms with Gasteiger partial charge >= 0.3 is 12.2 Å². The second-order valence-electron chi connectivity index (χ2n) is 8.10. The van der Waals surface area contributed by atoms with Crippen LogP contribution in [0.3, 0.4) is 0 Å². The predicted molar refractivity (Wildman–Crippen MR) is 115 cm³/mol. The number of carbonyl (C=O) groups is 2. The highest BCUT2D eigenvalue weighted by Crippen LogP contribution is 2.27. The molecule has 9 nitrogen and oxygen atoms in total. The molecular weight excluding hydrogens is 453 g/mol. The lowest BCUT2D eigenvalue weighted by atomic mass is 10.0. The van der Waals surface area contributed by atoms with E-state index in [1.807, 2.05) is 31.2 Å². The largest absolute Gasteiger partial charge is 0.435 e. The van der Waals surface area contributed by atoms with Gasteiger partial charge in [0.25, 0.3) is 0 Å². The second-order valence-corrected chi connectivity index (χ2v) is 8.10. The molecule has 1 fully saturated rings. The van der Waals surface area contributed by atoms with E-state index in [0.717, 1.165) is 17.2 Å². The van der Waals surface area contributed by atoms with E-state index in [4.69, 9.17) is 4.74 Å². The van der Waals surface area contributed by atoms with Crippen molar-refractivity contribution in [2.45, 2.75) is 32.1 Å². The summed E-state index contributed by atoms with van der Waals surface area (Å²) in [5, 5.41) is 15.2. The smallest absolute Gasteiger partial charge is 0.370 e. The highest BCUT2D eigenvalue weighted by atomic mass is 19.4. The van der Waals surface area contributed by atoms with E-state index in [2.05, 4.69) is 20.6 Å². The van der Waals surface area contributed by atoms with Crippen LogP contribution in [0, 0.1) is 6.92 Å². The highest BCUT2D eigenvalue weighted by Gasteiger charge is 2.39. The number of benzene rings is 1. The Labute approximate surface area is 193 Å². The molecule has 1 unspecified atom stereocenters. The Morgan fingerprint density at radius 1 is 1.18 bits per heavy atom. The average molecular weight is 476 g/mol. The van der Waals surface area contributed by atoms with E-state index in [0.29, 0.717) is 18.9 Å². The topological polar surface area (TPSA) is 100 Å². The van der Waals surface area contributed by atoms with Gasteiger partial charge in [0.2, 0.25) is 5.91 Å². The molecule has 1 saturated heterocycles. The van der Waals surface area contributed by atoms with Gasteiger partial charge in [-0.3, -0.25) is 4.79 Å². The summed E-state index contributed by atoms with van der Waals surface area (Å²) in [4.78, 5) is 27.1. The van der Waals surface area contributed by atoms with Crippen molar-refractivity contribution < 1.29 is 27.5 Å². The van der Waals surface area contributed by atoms with E-state index in [1.54, 1.807) is 11.8 Å². The summed E-state index contributed by atoms with van der Waals surface area (Å²) < 4.78 is 43.4. The Balaban J connectivity index is 1.52. The number of hydrazone groups is 1. The quantitative estimate of drug-likeness (QED) is 0.731. The summed E-state index contributed by atoms with van der Waals surface area (Å²) in [6, 6.07) is 7.85. The van der Waals surface area contributed by atoms with E-state index in [9.17, 15) is 22.8 Å². The van der Waals surface area contributed by atoms with Crippen LogP contribution in [0.15, 0.2) is 41.5 Å². The van der Waals surface area contributed by atoms with Crippen molar-refractivity contribution in [1.29, 1.82) is 0 Å². The summed E-state index contributed by atoms with van der Waals surface area (Å²) in [6.07, 6.45) is -4.60. The van der Waals surface area contributed by atoms with Crippen LogP contribution in [0.4, 0.5) is 18.0 Å². The Hall–Kier alpha value is -3.54. The molecule has 1 aromatic carbocycles. The van der Waals surface area contributed by atoms with Gasteiger partial charge in [-0.2, -0.15) is 23.4 Å². The molecule has 3 amide bonds. The monoisotopic (exact) mass is 476 g/mol. The van der Waals surface area contributed by atoms with Crippen LogP contribution >= 0.6 is 0 Å². The normalized spacial score (nSPS) is 19.7. The predicted octanol–water partition coefficient (Wildman–Crippen LogP) is 2.52. The minimum atomic E-state index is -4.60. The molecular formula is C22H23F3N6O3. The molecule has 2 aliphatic heterocycles. The van der Waals surface area contributed by atoms with E-state index in [1.165, 1.54) is 11.1 Å². The van der Waals surface area contributed by atoms with Crippen LogP contribution in [0.5, 0.6) is 0 Å². The first-order chi connectivity index (χ1) is 16.1. The molecule has 0 radical (unpaired) electrons. The fraction of sp³-hybridized carbons (Fsp3) is 0.409. The molecule has 0 bridgehead atoms. The number of nitrogens with one attached hydrogen (secondary N) is 1. The van der Waals surface area contributed by atoms with Crippen LogP contribution < -0.4 is 5.32 Å². The SMILES string of the molecule is Cc1ccc(C2=NN(C(=O)NC(C)c3ccc(C(F)(F)F)nn3)C[C@@H]2N2CCOCC2=O)cc1. The van der Waals surface area contributed by atoms with E-state index >= 15 is 0 Å². The van der Waals surface area contributed by atoms with Crippen molar-refractivity contribution in [3.05, 3.63) is 58.9 Å². The summed E-state index contributed by atoms with van der Waals surface area (Å²) >= 11 is 0. The third kappa shape index (κ3) is 5.01. The number of carbonyl (C=O) groups excluding carboxylic acids is 2. The molecule has 0 saturated carbocycles. The molecule has 2 atom stereocenters. The van der Waals surface area contributed by atoms with Crippen LogP contribution in [-0.4, -0.2) is 70.1 Å². The van der Waals surface area contributed by atoms with Gasteiger partial charge in [-0.15, -0.1) is 5.10 Å². The molecule has 3 heterocycles. The maximum Gasteiger partial charge on any atom is 0.435 e. The minimum Gasteiger partial charge on any atom is -0.370 e. The molecule has 1 aromatic heterocycles. The Morgan fingerprint density at radius 2 is 1.91 bits per heavy atom. The fourth-order valence-corrected chi connectivity index (χ4v) is 3.75. The van der Waals surface area contributed by atoms with Gasteiger partial charge in [0, 0.05) is 6.54 Å². The first-order valence-electron chi connectivity index (χ1n) is 10.6. The zero-order chi connectivity index (χ0) is 24.5. The molecule has 0 spiro atoms. The lowest BCUT2D eigenvalue weighted by molar-refractivity contribution is -0.144. The molecule has 34 heavy (non-hydrogen) atoms. The number of rotatable bonds is 4. The molecule has 2 aliphatic rings. The van der Waals surface area contributed by atoms with Crippen LogP contribution in [0.25, 0.3) is 0 Å². The van der Waals surface area contributed by atoms with Crippen LogP contribution in [0.2, 0.25) is 0 Å². The zero-order valence-electron chi connectivity index (χ0n) is 18.5. The third-order valence-corrected chi connectivity index (χ3v) is 5.63. The molecule has 12 heteroatoms. The van der Waals surface area contributed by atoms with Crippen molar-refractivity contribution in [1.82, 2.24) is 25.4 Å². The Kier molecular flexibility index (Phi) is 6.51. The number of amides is 3. The van der Waals surface area contributed by atoms with Gasteiger partial charge in [0.1, 0.15) is 6.61 Å². The summed E-state index contributed by atoms with van der Waals surface area (Å²) in [7, 11) is 0. The molecule has 0 aliphatic carbocycles. The number of aromatic nitrogens is 2. The van der Waals surface area contributed by atoms with Gasteiger partial charge in [-0.05, 0) is 31.5 Å². The number of halogens is 3. The molecule has 4 rings (SSSR count). The van der Waals surface area contributed by atoms with Crippen LogP contribution in [0.1, 0.15) is 35.5 Å². The van der Waals surface area contributed by atoms with Crippen molar-refractivity contribution in [3.63, 3.8) is 0 Å². The van der Waals surface area contributed by atoms with Crippen molar-refractivity contribution >= 4 is 17.6 Å². The van der Waals surface area contributed by atoms with Gasteiger partial charge in [-0.1, -0.05) is 29.8 Å². The Morgan fingerprint density at radius 3 is 2.53 bits per heavy atom. The maximum atomic E-state index is 12.9. The molecule has 180 valence electrons. The number of morpholine rings is 1. The summed E-state index contributed by atoms with van der Waals surface area (Å²) in [6.45, 7) is 4.40. The number of nitrogens with zero attached hydrogens (tertiary/aromatic N) is 5. The Bertz CT molecular complexity index is 1090. The number of urea groups is 1. The van der Waals surface area contributed by atoms with Crippen molar-refractivity contribution in [3.8, 4) is 0 Å². The van der Waals surface area contributed by atoms with Gasteiger partial charge in [0.05, 0.1) is 36.6 Å². The minimum absolute atomic E-state index is 0.0342. The summed E-state index contributed by atoms with van der Waals surface area (Å²) in [5.41, 5.74) is 1.48. The van der Waals surface area contributed by atoms with Gasteiger partial charge in [0.15, 0.2) is 5.69 Å².